The summed E-state index contributed by atoms with van der Waals surface area (Å²) in [4.78, 5) is 0. The smallest absolute Gasteiger partial charge is 0.124 e. The van der Waals surface area contributed by atoms with E-state index in [-0.39, 0.29) is 0 Å². The Morgan fingerprint density at radius 2 is 2.16 bits per heavy atom. The molecule has 1 aliphatic heterocycles. The van der Waals surface area contributed by atoms with Crippen LogP contribution in [0.5, 0.6) is 11.5 Å². The molecule has 1 aromatic rings. The van der Waals surface area contributed by atoms with E-state index >= 15 is 0 Å². The monoisotopic (exact) mass is 263 g/mol. The van der Waals surface area contributed by atoms with E-state index in [1.54, 1.807) is 7.11 Å². The van der Waals surface area contributed by atoms with Crippen molar-refractivity contribution in [3.05, 3.63) is 23.8 Å². The fraction of sp³-hybridized carbons (Fsp3) is 0.625. The molecule has 3 heteroatoms. The minimum atomic E-state index is 0.368. The van der Waals surface area contributed by atoms with E-state index in [9.17, 15) is 0 Å². The molecule has 2 unspecified atom stereocenters. The zero-order valence-electron chi connectivity index (χ0n) is 12.4. The summed E-state index contributed by atoms with van der Waals surface area (Å²) in [6, 6.07) is 6.94. The number of ether oxygens (including phenoxy) is 2. The van der Waals surface area contributed by atoms with Gasteiger partial charge in [0.25, 0.3) is 0 Å². The van der Waals surface area contributed by atoms with E-state index in [0.29, 0.717) is 18.0 Å². The van der Waals surface area contributed by atoms with E-state index in [4.69, 9.17) is 9.47 Å². The van der Waals surface area contributed by atoms with Crippen LogP contribution in [0, 0.1) is 5.92 Å². The van der Waals surface area contributed by atoms with Crippen molar-refractivity contribution in [2.75, 3.05) is 13.7 Å². The summed E-state index contributed by atoms with van der Waals surface area (Å²) < 4.78 is 11.0. The highest BCUT2D eigenvalue weighted by molar-refractivity contribution is 5.43. The van der Waals surface area contributed by atoms with E-state index in [0.717, 1.165) is 24.5 Å². The van der Waals surface area contributed by atoms with Crippen LogP contribution in [0.4, 0.5) is 0 Å². The Hall–Kier alpha value is -1.22. The third kappa shape index (κ3) is 3.63. The molecule has 0 saturated heterocycles. The Bertz CT molecular complexity index is 417. The standard InChI is InChI=1S/C16H25NO2/c1-11(2)9-12(3)17-15-7-8-19-16-6-5-13(18-4)10-14(15)16/h5-6,10-12,15,17H,7-9H2,1-4H3. The van der Waals surface area contributed by atoms with E-state index in [2.05, 4.69) is 32.2 Å². The fourth-order valence-electron chi connectivity index (χ4n) is 2.79. The van der Waals surface area contributed by atoms with Gasteiger partial charge < -0.3 is 14.8 Å². The summed E-state index contributed by atoms with van der Waals surface area (Å²) in [7, 11) is 1.70. The first kappa shape index (κ1) is 14.2. The van der Waals surface area contributed by atoms with Crippen LogP contribution >= 0.6 is 0 Å². The largest absolute Gasteiger partial charge is 0.497 e. The second-order valence-corrected chi connectivity index (χ2v) is 5.79. The minimum Gasteiger partial charge on any atom is -0.497 e. The molecular weight excluding hydrogens is 238 g/mol. The Balaban J connectivity index is 2.12. The van der Waals surface area contributed by atoms with Crippen LogP contribution in [0.1, 0.15) is 45.2 Å². The maximum atomic E-state index is 5.72. The number of methoxy groups -OCH3 is 1. The lowest BCUT2D eigenvalue weighted by atomic mass is 9.97. The lowest BCUT2D eigenvalue weighted by Crippen LogP contribution is -2.34. The van der Waals surface area contributed by atoms with Gasteiger partial charge in [0.1, 0.15) is 11.5 Å². The van der Waals surface area contributed by atoms with Crippen molar-refractivity contribution in [2.24, 2.45) is 5.92 Å². The zero-order valence-corrected chi connectivity index (χ0v) is 12.4. The molecule has 1 N–H and O–H groups in total. The summed E-state index contributed by atoms with van der Waals surface area (Å²) >= 11 is 0. The molecule has 0 aliphatic carbocycles. The average molecular weight is 263 g/mol. The first-order valence-corrected chi connectivity index (χ1v) is 7.17. The third-order valence-electron chi connectivity index (χ3n) is 3.57. The Kier molecular flexibility index (Phi) is 4.70. The highest BCUT2D eigenvalue weighted by Gasteiger charge is 2.23. The van der Waals surface area contributed by atoms with E-state index < -0.39 is 0 Å². The predicted molar refractivity (Wildman–Crippen MR) is 77.9 cm³/mol. The molecule has 2 atom stereocenters. The number of rotatable bonds is 5. The Morgan fingerprint density at radius 3 is 2.84 bits per heavy atom. The van der Waals surface area contributed by atoms with Gasteiger partial charge in [0.15, 0.2) is 0 Å². The van der Waals surface area contributed by atoms with Crippen LogP contribution in [0.25, 0.3) is 0 Å². The lowest BCUT2D eigenvalue weighted by Gasteiger charge is -2.30. The summed E-state index contributed by atoms with van der Waals surface area (Å²) in [6.07, 6.45) is 2.21. The predicted octanol–water partition coefficient (Wildman–Crippen LogP) is 3.54. The molecule has 0 spiro atoms. The summed E-state index contributed by atoms with van der Waals surface area (Å²) in [5.41, 5.74) is 1.22. The summed E-state index contributed by atoms with van der Waals surface area (Å²) in [6.45, 7) is 7.57. The van der Waals surface area contributed by atoms with Gasteiger partial charge in [-0.1, -0.05) is 13.8 Å². The number of nitrogens with one attached hydrogen (secondary N) is 1. The van der Waals surface area contributed by atoms with Gasteiger partial charge in [-0.15, -0.1) is 0 Å². The van der Waals surface area contributed by atoms with Crippen molar-refractivity contribution in [1.29, 1.82) is 0 Å². The van der Waals surface area contributed by atoms with Crippen molar-refractivity contribution < 1.29 is 9.47 Å². The molecule has 0 radical (unpaired) electrons. The highest BCUT2D eigenvalue weighted by atomic mass is 16.5. The molecule has 1 heterocycles. The van der Waals surface area contributed by atoms with Crippen LogP contribution in [-0.2, 0) is 0 Å². The zero-order chi connectivity index (χ0) is 13.8. The molecule has 0 aromatic heterocycles. The number of hydrogen-bond acceptors (Lipinski definition) is 3. The van der Waals surface area contributed by atoms with Gasteiger partial charge in [0.2, 0.25) is 0 Å². The van der Waals surface area contributed by atoms with Crippen LogP contribution in [0.15, 0.2) is 18.2 Å². The molecule has 1 aliphatic rings. The molecule has 1 aromatic carbocycles. The molecule has 19 heavy (non-hydrogen) atoms. The average Bonchev–Trinajstić information content (AvgIpc) is 2.37. The van der Waals surface area contributed by atoms with Crippen LogP contribution in [0.3, 0.4) is 0 Å². The van der Waals surface area contributed by atoms with Gasteiger partial charge in [-0.2, -0.15) is 0 Å². The first-order valence-electron chi connectivity index (χ1n) is 7.17. The highest BCUT2D eigenvalue weighted by Crippen LogP contribution is 2.35. The van der Waals surface area contributed by atoms with E-state index in [1.165, 1.54) is 12.0 Å². The number of hydrogen-bond donors (Lipinski definition) is 1. The van der Waals surface area contributed by atoms with Crippen molar-refractivity contribution in [3.8, 4) is 11.5 Å². The molecule has 3 nitrogen and oxygen atoms in total. The summed E-state index contributed by atoms with van der Waals surface area (Å²) in [5.74, 6) is 2.60. The molecule has 0 bridgehead atoms. The van der Waals surface area contributed by atoms with Crippen molar-refractivity contribution in [1.82, 2.24) is 5.32 Å². The first-order chi connectivity index (χ1) is 9.10. The normalized spacial score (nSPS) is 19.7. The Morgan fingerprint density at radius 1 is 1.37 bits per heavy atom. The van der Waals surface area contributed by atoms with Crippen LogP contribution in [-0.4, -0.2) is 19.8 Å². The molecule has 106 valence electrons. The second-order valence-electron chi connectivity index (χ2n) is 5.79. The van der Waals surface area contributed by atoms with Gasteiger partial charge >= 0.3 is 0 Å². The molecule has 0 amide bonds. The number of fused-ring (bicyclic) bond motifs is 1. The minimum absolute atomic E-state index is 0.368. The Labute approximate surface area is 116 Å². The SMILES string of the molecule is COc1ccc2c(c1)C(NC(C)CC(C)C)CCO2. The summed E-state index contributed by atoms with van der Waals surface area (Å²) in [5, 5.41) is 3.72. The van der Waals surface area contributed by atoms with Gasteiger partial charge in [-0.3, -0.25) is 0 Å². The van der Waals surface area contributed by atoms with Crippen LogP contribution in [0.2, 0.25) is 0 Å². The fourth-order valence-corrected chi connectivity index (χ4v) is 2.79. The van der Waals surface area contributed by atoms with Crippen LogP contribution < -0.4 is 14.8 Å². The van der Waals surface area contributed by atoms with E-state index in [1.807, 2.05) is 12.1 Å². The molecule has 2 rings (SSSR count). The molecule has 0 fully saturated rings. The second kappa shape index (κ2) is 6.29. The quantitative estimate of drug-likeness (QED) is 0.881. The lowest BCUT2D eigenvalue weighted by molar-refractivity contribution is 0.240. The third-order valence-corrected chi connectivity index (χ3v) is 3.57. The maximum absolute atomic E-state index is 5.72. The molecule has 0 saturated carbocycles. The van der Waals surface area contributed by atoms with Crippen molar-refractivity contribution in [3.63, 3.8) is 0 Å². The van der Waals surface area contributed by atoms with Gasteiger partial charge in [-0.05, 0) is 37.5 Å². The topological polar surface area (TPSA) is 30.5 Å². The van der Waals surface area contributed by atoms with Crippen molar-refractivity contribution >= 4 is 0 Å². The van der Waals surface area contributed by atoms with Gasteiger partial charge in [0, 0.05) is 24.1 Å². The van der Waals surface area contributed by atoms with Gasteiger partial charge in [0.05, 0.1) is 13.7 Å². The molecular formula is C16H25NO2. The maximum Gasteiger partial charge on any atom is 0.124 e. The van der Waals surface area contributed by atoms with Gasteiger partial charge in [-0.25, -0.2) is 0 Å². The van der Waals surface area contributed by atoms with Crippen molar-refractivity contribution in [2.45, 2.75) is 45.7 Å². The number of benzene rings is 1.